The van der Waals surface area contributed by atoms with E-state index in [4.69, 9.17) is 0 Å². The van der Waals surface area contributed by atoms with Gasteiger partial charge in [0.15, 0.2) is 0 Å². The van der Waals surface area contributed by atoms with Crippen LogP contribution in [-0.2, 0) is 27.9 Å². The lowest BCUT2D eigenvalue weighted by atomic mass is 9.91. The third-order valence-electron chi connectivity index (χ3n) is 7.43. The van der Waals surface area contributed by atoms with Crippen molar-refractivity contribution in [3.63, 3.8) is 0 Å². The van der Waals surface area contributed by atoms with Crippen LogP contribution in [0.25, 0.3) is 0 Å². The van der Waals surface area contributed by atoms with Crippen LogP contribution in [-0.4, -0.2) is 86.5 Å². The van der Waals surface area contributed by atoms with Gasteiger partial charge < -0.3 is 35.7 Å². The highest BCUT2D eigenvalue weighted by Gasteiger charge is 2.35. The molecular formula is C26H31N3O8S. The summed E-state index contributed by atoms with van der Waals surface area (Å²) in [6.07, 6.45) is -1.04. The summed E-state index contributed by atoms with van der Waals surface area (Å²) in [4.78, 5) is 14.3. The fourth-order valence-corrected chi connectivity index (χ4v) is 6.72. The number of aliphatic hydroxyl groups excluding tert-OH is 3. The Hall–Kier alpha value is -3.16. The Labute approximate surface area is 220 Å². The van der Waals surface area contributed by atoms with Crippen molar-refractivity contribution in [2.75, 3.05) is 18.4 Å². The number of rotatable bonds is 5. The molecule has 1 fully saturated rings. The van der Waals surface area contributed by atoms with Crippen LogP contribution in [0, 0.1) is 0 Å². The summed E-state index contributed by atoms with van der Waals surface area (Å²) in [7, 11) is -3.96. The first-order chi connectivity index (χ1) is 18.0. The van der Waals surface area contributed by atoms with Crippen molar-refractivity contribution >= 4 is 21.6 Å². The number of sulfonamides is 1. The highest BCUT2D eigenvalue weighted by atomic mass is 32.2. The van der Waals surface area contributed by atoms with Gasteiger partial charge in [0.25, 0.3) is 0 Å². The minimum Gasteiger partial charge on any atom is -0.508 e. The van der Waals surface area contributed by atoms with Crippen LogP contribution in [0.15, 0.2) is 52.9 Å². The molecule has 2 aliphatic heterocycles. The first kappa shape index (κ1) is 26.4. The summed E-state index contributed by atoms with van der Waals surface area (Å²) < 4.78 is 27.4. The number of benzene rings is 2. The number of likely N-dealkylation sites (tertiary alicyclic amines) is 1. The smallest absolute Gasteiger partial charge is 0.249 e. The molecular weight excluding hydrogens is 514 g/mol. The van der Waals surface area contributed by atoms with Gasteiger partial charge in [0.1, 0.15) is 28.6 Å². The number of amides is 1. The van der Waals surface area contributed by atoms with E-state index < -0.39 is 34.1 Å². The molecule has 0 saturated carbocycles. The van der Waals surface area contributed by atoms with Gasteiger partial charge in [-0.1, -0.05) is 6.07 Å². The van der Waals surface area contributed by atoms with Crippen LogP contribution in [0.5, 0.6) is 11.5 Å². The van der Waals surface area contributed by atoms with Crippen molar-refractivity contribution in [3.8, 4) is 11.5 Å². The Morgan fingerprint density at radius 2 is 1.66 bits per heavy atom. The number of phenols is 2. The van der Waals surface area contributed by atoms with Crippen molar-refractivity contribution in [2.45, 2.75) is 61.6 Å². The summed E-state index contributed by atoms with van der Waals surface area (Å²) in [6, 6.07) is 9.20. The zero-order valence-electron chi connectivity index (χ0n) is 20.6. The van der Waals surface area contributed by atoms with E-state index in [0.717, 1.165) is 22.9 Å². The average Bonchev–Trinajstić information content (AvgIpc) is 3.31. The van der Waals surface area contributed by atoms with E-state index in [-0.39, 0.29) is 42.1 Å². The van der Waals surface area contributed by atoms with E-state index in [1.54, 1.807) is 4.90 Å². The molecule has 5 rings (SSSR count). The molecule has 6 N–H and O–H groups in total. The molecule has 2 aromatic carbocycles. The summed E-state index contributed by atoms with van der Waals surface area (Å²) in [5.74, 6) is -0.967. The highest BCUT2D eigenvalue weighted by molar-refractivity contribution is 7.89. The topological polar surface area (TPSA) is 171 Å². The monoisotopic (exact) mass is 545 g/mol. The van der Waals surface area contributed by atoms with Gasteiger partial charge in [0.2, 0.25) is 15.9 Å². The average molecular weight is 546 g/mol. The van der Waals surface area contributed by atoms with Crippen molar-refractivity contribution in [3.05, 3.63) is 59.2 Å². The fourth-order valence-electron chi connectivity index (χ4n) is 5.26. The summed E-state index contributed by atoms with van der Waals surface area (Å²) in [6.45, 7) is 1.32. The standard InChI is InChI=1S/C26H31N3O8S/c30-20-3-4-24(21(31)12-20)38(36,37)29-13-15-1-2-19(9-17(15)14-29)27-18-5-7-28(8-6-18)26(35)16-10-22(32)25(34)23(33)11-16/h1-4,9-10,12,18,22-23,25,27,30-34H,5-8,11,13-14H2/t22-,23-,25-/m1/s1. The largest absolute Gasteiger partial charge is 0.508 e. The minimum absolute atomic E-state index is 0.00344. The second-order valence-corrected chi connectivity index (χ2v) is 12.0. The normalized spacial score (nSPS) is 24.7. The molecule has 0 unspecified atom stereocenters. The third kappa shape index (κ3) is 5.09. The van der Waals surface area contributed by atoms with Gasteiger partial charge in [-0.25, -0.2) is 8.42 Å². The Morgan fingerprint density at radius 3 is 2.34 bits per heavy atom. The Balaban J connectivity index is 1.19. The van der Waals surface area contributed by atoms with Gasteiger partial charge in [0, 0.05) is 56.0 Å². The van der Waals surface area contributed by atoms with Crippen LogP contribution >= 0.6 is 0 Å². The fraction of sp³-hybridized carbons (Fsp3) is 0.423. The first-order valence-electron chi connectivity index (χ1n) is 12.5. The second-order valence-electron chi connectivity index (χ2n) is 10.1. The van der Waals surface area contributed by atoms with Crippen molar-refractivity contribution < 1.29 is 38.7 Å². The molecule has 1 saturated heterocycles. The molecule has 0 radical (unpaired) electrons. The predicted octanol–water partition coefficient (Wildman–Crippen LogP) is 0.618. The number of anilines is 1. The SMILES string of the molecule is O=C(C1=C[C@@H](O)[C@@H](O)[C@H](O)C1)N1CCC(Nc2ccc3c(c2)CN(S(=O)(=O)c2ccc(O)cc2O)C3)CC1. The molecule has 3 atom stereocenters. The highest BCUT2D eigenvalue weighted by Crippen LogP contribution is 2.35. The van der Waals surface area contributed by atoms with Crippen molar-refractivity contribution in [2.24, 2.45) is 0 Å². The van der Waals surface area contributed by atoms with Crippen molar-refractivity contribution in [1.82, 2.24) is 9.21 Å². The van der Waals surface area contributed by atoms with Gasteiger partial charge in [0.05, 0.1) is 6.10 Å². The van der Waals surface area contributed by atoms with Crippen LogP contribution < -0.4 is 5.32 Å². The Kier molecular flexibility index (Phi) is 7.09. The van der Waals surface area contributed by atoms with Crippen LogP contribution in [0.4, 0.5) is 5.69 Å². The van der Waals surface area contributed by atoms with Gasteiger partial charge in [-0.05, 0) is 54.3 Å². The number of nitrogens with zero attached hydrogens (tertiary/aromatic N) is 2. The number of aliphatic hydroxyl groups is 3. The number of aromatic hydroxyl groups is 2. The first-order valence-corrected chi connectivity index (χ1v) is 13.9. The van der Waals surface area contributed by atoms with Gasteiger partial charge >= 0.3 is 0 Å². The second kappa shape index (κ2) is 10.2. The van der Waals surface area contributed by atoms with Crippen LogP contribution in [0.1, 0.15) is 30.4 Å². The lowest BCUT2D eigenvalue weighted by Crippen LogP contribution is -2.46. The lowest BCUT2D eigenvalue weighted by molar-refractivity contribution is -0.129. The molecule has 3 aliphatic rings. The van der Waals surface area contributed by atoms with E-state index >= 15 is 0 Å². The summed E-state index contributed by atoms with van der Waals surface area (Å²) >= 11 is 0. The molecule has 1 aliphatic carbocycles. The van der Waals surface area contributed by atoms with Crippen molar-refractivity contribution in [1.29, 1.82) is 0 Å². The Bertz CT molecular complexity index is 1370. The molecule has 38 heavy (non-hydrogen) atoms. The van der Waals surface area contributed by atoms with Gasteiger partial charge in [-0.3, -0.25) is 4.79 Å². The molecule has 2 heterocycles. The molecule has 0 aromatic heterocycles. The van der Waals surface area contributed by atoms with E-state index in [9.17, 15) is 38.7 Å². The molecule has 0 bridgehead atoms. The number of fused-ring (bicyclic) bond motifs is 1. The number of hydrogen-bond acceptors (Lipinski definition) is 9. The molecule has 0 spiro atoms. The molecule has 11 nitrogen and oxygen atoms in total. The zero-order chi connectivity index (χ0) is 27.2. The molecule has 204 valence electrons. The maximum atomic E-state index is 13.1. The Morgan fingerprint density at radius 1 is 0.947 bits per heavy atom. The van der Waals surface area contributed by atoms with Crippen LogP contribution in [0.3, 0.4) is 0 Å². The molecule has 12 heteroatoms. The number of nitrogens with one attached hydrogen (secondary N) is 1. The molecule has 2 aromatic rings. The van der Waals surface area contributed by atoms with Gasteiger partial charge in [-0.15, -0.1) is 0 Å². The predicted molar refractivity (Wildman–Crippen MR) is 137 cm³/mol. The number of piperidine rings is 1. The summed E-state index contributed by atoms with van der Waals surface area (Å²) in [5.41, 5.74) is 2.87. The zero-order valence-corrected chi connectivity index (χ0v) is 21.4. The number of hydrogen-bond donors (Lipinski definition) is 6. The van der Waals surface area contributed by atoms with E-state index in [0.29, 0.717) is 31.5 Å². The lowest BCUT2D eigenvalue weighted by Gasteiger charge is -2.35. The minimum atomic E-state index is -3.96. The van der Waals surface area contributed by atoms with E-state index in [1.807, 2.05) is 18.2 Å². The van der Waals surface area contributed by atoms with Gasteiger partial charge in [-0.2, -0.15) is 4.31 Å². The van der Waals surface area contributed by atoms with E-state index in [2.05, 4.69) is 5.32 Å². The number of carbonyl (C=O) groups is 1. The number of phenolic OH excluding ortho intramolecular Hbond substituents is 2. The van der Waals surface area contributed by atoms with Crippen LogP contribution in [0.2, 0.25) is 0 Å². The molecule has 1 amide bonds. The quantitative estimate of drug-likeness (QED) is 0.315. The van der Waals surface area contributed by atoms with E-state index in [1.165, 1.54) is 22.5 Å². The summed E-state index contributed by atoms with van der Waals surface area (Å²) in [5, 5.41) is 52.4. The maximum absolute atomic E-state index is 13.1. The number of carbonyl (C=O) groups excluding carboxylic acids is 1. The maximum Gasteiger partial charge on any atom is 0.249 e. The third-order valence-corrected chi connectivity index (χ3v) is 9.27.